The lowest BCUT2D eigenvalue weighted by atomic mass is 10.2. The number of alkyl halides is 3. The van der Waals surface area contributed by atoms with Gasteiger partial charge in [-0.2, -0.15) is 24.9 Å². The summed E-state index contributed by atoms with van der Waals surface area (Å²) in [6, 6.07) is -2.37. The molecule has 7 heteroatoms. The summed E-state index contributed by atoms with van der Waals surface area (Å²) in [6.07, 6.45) is -4.64. The van der Waals surface area contributed by atoms with Gasteiger partial charge in [-0.25, -0.2) is 0 Å². The molecule has 0 spiro atoms. The highest BCUT2D eigenvalue weighted by Crippen LogP contribution is 2.21. The Morgan fingerprint density at radius 2 is 1.86 bits per heavy atom. The molecule has 82 valence electrons. The summed E-state index contributed by atoms with van der Waals surface area (Å²) >= 11 is 1.62. The lowest BCUT2D eigenvalue weighted by molar-refractivity contribution is -0.169. The second-order valence-corrected chi connectivity index (χ2v) is 4.18. The number of hydrogen-bond acceptors (Lipinski definition) is 3. The van der Waals surface area contributed by atoms with Gasteiger partial charge in [0.05, 0.1) is 0 Å². The summed E-state index contributed by atoms with van der Waals surface area (Å²) in [5.41, 5.74) is 4.80. The second-order valence-electron chi connectivity index (χ2n) is 2.96. The Balaban J connectivity index is 2.55. The van der Waals surface area contributed by atoms with Gasteiger partial charge in [-0.15, -0.1) is 0 Å². The summed E-state index contributed by atoms with van der Waals surface area (Å²) in [5, 5.41) is 0. The Morgan fingerprint density at radius 3 is 2.29 bits per heavy atom. The molecule has 1 heterocycles. The largest absolute Gasteiger partial charge is 0.412 e. The van der Waals surface area contributed by atoms with Crippen LogP contribution in [0.2, 0.25) is 0 Å². The van der Waals surface area contributed by atoms with Crippen molar-refractivity contribution in [3.8, 4) is 0 Å². The number of thioether (sulfide) groups is 1. The summed E-state index contributed by atoms with van der Waals surface area (Å²) in [6.45, 7) is 0.709. The first kappa shape index (κ1) is 11.6. The Kier molecular flexibility index (Phi) is 3.65. The Morgan fingerprint density at radius 1 is 1.36 bits per heavy atom. The number of carbonyl (C=O) groups excluding carboxylic acids is 1. The van der Waals surface area contributed by atoms with E-state index in [2.05, 4.69) is 0 Å². The van der Waals surface area contributed by atoms with E-state index in [1.54, 1.807) is 11.8 Å². The van der Waals surface area contributed by atoms with Crippen LogP contribution in [-0.2, 0) is 4.79 Å². The smallest absolute Gasteiger partial charge is 0.339 e. The number of rotatable bonds is 1. The van der Waals surface area contributed by atoms with E-state index in [1.807, 2.05) is 0 Å². The van der Waals surface area contributed by atoms with Gasteiger partial charge in [0, 0.05) is 24.6 Å². The zero-order valence-corrected chi connectivity index (χ0v) is 8.20. The van der Waals surface area contributed by atoms with Crippen molar-refractivity contribution in [1.82, 2.24) is 4.90 Å². The summed E-state index contributed by atoms with van der Waals surface area (Å²) < 4.78 is 36.2. The van der Waals surface area contributed by atoms with Gasteiger partial charge < -0.3 is 10.6 Å². The quantitative estimate of drug-likeness (QED) is 0.709. The third-order valence-electron chi connectivity index (χ3n) is 1.94. The zero-order valence-electron chi connectivity index (χ0n) is 7.38. The highest BCUT2D eigenvalue weighted by atomic mass is 32.2. The SMILES string of the molecule is NC(C(=O)N1CCSCC1)C(F)(F)F. The van der Waals surface area contributed by atoms with Gasteiger partial charge in [0.2, 0.25) is 5.91 Å². The van der Waals surface area contributed by atoms with E-state index in [1.165, 1.54) is 4.90 Å². The van der Waals surface area contributed by atoms with Crippen LogP contribution in [0.1, 0.15) is 0 Å². The molecule has 1 fully saturated rings. The second kappa shape index (κ2) is 4.39. The van der Waals surface area contributed by atoms with Gasteiger partial charge in [0.1, 0.15) is 0 Å². The number of nitrogens with zero attached hydrogens (tertiary/aromatic N) is 1. The molecule has 0 aromatic carbocycles. The monoisotopic (exact) mass is 228 g/mol. The van der Waals surface area contributed by atoms with Crippen LogP contribution in [0.25, 0.3) is 0 Å². The standard InChI is InChI=1S/C7H11F3N2OS/c8-7(9,10)5(11)6(13)12-1-3-14-4-2-12/h5H,1-4,11H2. The first-order valence-corrected chi connectivity index (χ1v) is 5.27. The van der Waals surface area contributed by atoms with Gasteiger partial charge in [-0.05, 0) is 0 Å². The first-order valence-electron chi connectivity index (χ1n) is 4.12. The van der Waals surface area contributed by atoms with Crippen LogP contribution in [0.3, 0.4) is 0 Å². The maximum absolute atomic E-state index is 12.1. The Hall–Kier alpha value is -0.430. The number of amides is 1. The highest BCUT2D eigenvalue weighted by molar-refractivity contribution is 7.99. The summed E-state index contributed by atoms with van der Waals surface area (Å²) in [4.78, 5) is 12.4. The van der Waals surface area contributed by atoms with Gasteiger partial charge in [-0.3, -0.25) is 4.79 Å². The molecule has 1 amide bonds. The molecule has 1 aliphatic heterocycles. The average Bonchev–Trinajstić information content (AvgIpc) is 2.15. The lowest BCUT2D eigenvalue weighted by Gasteiger charge is -2.29. The molecule has 0 saturated carbocycles. The van der Waals surface area contributed by atoms with E-state index in [0.29, 0.717) is 24.6 Å². The van der Waals surface area contributed by atoms with Crippen LogP contribution in [-0.4, -0.2) is 47.6 Å². The minimum absolute atomic E-state index is 0.354. The van der Waals surface area contributed by atoms with Crippen LogP contribution in [0.5, 0.6) is 0 Å². The van der Waals surface area contributed by atoms with Crippen molar-refractivity contribution in [2.45, 2.75) is 12.2 Å². The molecule has 0 bridgehead atoms. The predicted molar refractivity (Wildman–Crippen MR) is 47.9 cm³/mol. The van der Waals surface area contributed by atoms with Crippen molar-refractivity contribution in [1.29, 1.82) is 0 Å². The zero-order chi connectivity index (χ0) is 10.8. The van der Waals surface area contributed by atoms with E-state index in [9.17, 15) is 18.0 Å². The van der Waals surface area contributed by atoms with Crippen LogP contribution in [0.15, 0.2) is 0 Å². The van der Waals surface area contributed by atoms with E-state index in [-0.39, 0.29) is 0 Å². The van der Waals surface area contributed by atoms with Gasteiger partial charge in [-0.1, -0.05) is 0 Å². The molecular formula is C7H11F3N2OS. The fourth-order valence-corrected chi connectivity index (χ4v) is 2.02. The fraction of sp³-hybridized carbons (Fsp3) is 0.857. The van der Waals surface area contributed by atoms with E-state index in [4.69, 9.17) is 5.73 Å². The van der Waals surface area contributed by atoms with Crippen LogP contribution < -0.4 is 5.73 Å². The van der Waals surface area contributed by atoms with Gasteiger partial charge in [0.15, 0.2) is 6.04 Å². The average molecular weight is 228 g/mol. The fourth-order valence-electron chi connectivity index (χ4n) is 1.12. The van der Waals surface area contributed by atoms with E-state index < -0.39 is 18.1 Å². The Labute approximate surface area is 83.8 Å². The molecule has 0 aromatic heterocycles. The van der Waals surface area contributed by atoms with Crippen molar-refractivity contribution in [3.05, 3.63) is 0 Å². The minimum Gasteiger partial charge on any atom is -0.339 e. The summed E-state index contributed by atoms with van der Waals surface area (Å²) in [5.74, 6) is 0.338. The topological polar surface area (TPSA) is 46.3 Å². The van der Waals surface area contributed by atoms with Crippen LogP contribution in [0, 0.1) is 0 Å². The third-order valence-corrected chi connectivity index (χ3v) is 2.88. The number of carbonyl (C=O) groups is 1. The Bertz CT molecular complexity index is 215. The molecule has 3 nitrogen and oxygen atoms in total. The number of nitrogens with two attached hydrogens (primary N) is 1. The molecule has 1 aliphatic rings. The first-order chi connectivity index (χ1) is 6.43. The highest BCUT2D eigenvalue weighted by Gasteiger charge is 2.43. The van der Waals surface area contributed by atoms with Crippen molar-refractivity contribution in [3.63, 3.8) is 0 Å². The molecule has 1 unspecified atom stereocenters. The van der Waals surface area contributed by atoms with E-state index in [0.717, 1.165) is 0 Å². The number of halogens is 3. The van der Waals surface area contributed by atoms with Crippen molar-refractivity contribution in [2.24, 2.45) is 5.73 Å². The molecule has 14 heavy (non-hydrogen) atoms. The molecule has 2 N–H and O–H groups in total. The molecule has 1 atom stereocenters. The van der Waals surface area contributed by atoms with Gasteiger partial charge >= 0.3 is 6.18 Å². The van der Waals surface area contributed by atoms with Crippen LogP contribution >= 0.6 is 11.8 Å². The predicted octanol–water partition coefficient (Wildman–Crippen LogP) is 0.451. The van der Waals surface area contributed by atoms with Crippen molar-refractivity contribution in [2.75, 3.05) is 24.6 Å². The summed E-state index contributed by atoms with van der Waals surface area (Å²) in [7, 11) is 0. The normalized spacial score (nSPS) is 20.7. The number of hydrogen-bond donors (Lipinski definition) is 1. The van der Waals surface area contributed by atoms with Gasteiger partial charge in [0.25, 0.3) is 0 Å². The molecule has 0 aliphatic carbocycles. The molecule has 0 radical (unpaired) electrons. The van der Waals surface area contributed by atoms with Crippen molar-refractivity contribution < 1.29 is 18.0 Å². The van der Waals surface area contributed by atoms with Crippen molar-refractivity contribution >= 4 is 17.7 Å². The lowest BCUT2D eigenvalue weighted by Crippen LogP contribution is -2.53. The third kappa shape index (κ3) is 2.78. The maximum atomic E-state index is 12.1. The van der Waals surface area contributed by atoms with Crippen LogP contribution in [0.4, 0.5) is 13.2 Å². The minimum atomic E-state index is -4.64. The maximum Gasteiger partial charge on any atom is 0.412 e. The molecule has 1 saturated heterocycles. The van der Waals surface area contributed by atoms with E-state index >= 15 is 0 Å². The molecule has 0 aromatic rings. The molecular weight excluding hydrogens is 217 g/mol. The molecule has 1 rings (SSSR count).